The van der Waals surface area contributed by atoms with Crippen LogP contribution in [0.15, 0.2) is 30.3 Å². The number of nitrogens with zero attached hydrogens (tertiary/aromatic N) is 2. The van der Waals surface area contributed by atoms with Gasteiger partial charge in [0.1, 0.15) is 31.0 Å². The lowest BCUT2D eigenvalue weighted by molar-refractivity contribution is -0.244. The summed E-state index contributed by atoms with van der Waals surface area (Å²) < 4.78 is 11.8. The van der Waals surface area contributed by atoms with Crippen molar-refractivity contribution in [1.29, 1.82) is 0 Å². The van der Waals surface area contributed by atoms with Crippen LogP contribution in [0.2, 0.25) is 0 Å². The number of carbonyl (C=O) groups excluding carboxylic acids is 3. The van der Waals surface area contributed by atoms with E-state index < -0.39 is 55.2 Å². The van der Waals surface area contributed by atoms with Crippen molar-refractivity contribution in [3.63, 3.8) is 0 Å². The average Bonchev–Trinajstić information content (AvgIpc) is 3.27. The molecule has 1 heterocycles. The fraction of sp³-hybridized carbons (Fsp3) is 0.824. The van der Waals surface area contributed by atoms with Crippen LogP contribution in [-0.2, 0) is 25.7 Å². The molecule has 11 nitrogen and oxygen atoms in total. The van der Waals surface area contributed by atoms with Crippen molar-refractivity contribution in [3.8, 4) is 0 Å². The number of aliphatic hydroxyl groups excluding tert-OH is 3. The quantitative estimate of drug-likeness (QED) is 0.0477. The molecule has 358 valence electrons. The van der Waals surface area contributed by atoms with Crippen molar-refractivity contribution >= 4 is 17.9 Å². The topological polar surface area (TPSA) is 163 Å². The summed E-state index contributed by atoms with van der Waals surface area (Å²) in [5.74, 6) is -1.07. The van der Waals surface area contributed by atoms with Gasteiger partial charge in [-0.1, -0.05) is 218 Å². The first-order valence-corrected chi connectivity index (χ1v) is 25.4. The zero-order valence-corrected chi connectivity index (χ0v) is 39.5. The molecule has 1 aromatic rings. The van der Waals surface area contributed by atoms with Gasteiger partial charge >= 0.3 is 6.09 Å². The second-order valence-electron chi connectivity index (χ2n) is 18.1. The SMILES string of the molecule is CCCCCCCCCCCCCCCCCCN(C(=O)CCCCCCCCCCCCCCC)[C@@H]1O[C@H](CO)[C@@H](O)[C@H](O)[C@H]1N(C(=O)OCc1ccccc1)C(=O)[C@H](C)N. The van der Waals surface area contributed by atoms with E-state index in [2.05, 4.69) is 13.8 Å². The number of benzene rings is 1. The Morgan fingerprint density at radius 1 is 0.645 bits per heavy atom. The van der Waals surface area contributed by atoms with Crippen molar-refractivity contribution in [1.82, 2.24) is 9.80 Å². The van der Waals surface area contributed by atoms with Crippen LogP contribution in [0.25, 0.3) is 0 Å². The highest BCUT2D eigenvalue weighted by Gasteiger charge is 2.53. The summed E-state index contributed by atoms with van der Waals surface area (Å²) in [6.07, 6.45) is 27.9. The van der Waals surface area contributed by atoms with Crippen LogP contribution >= 0.6 is 0 Å². The van der Waals surface area contributed by atoms with Gasteiger partial charge in [0.15, 0.2) is 6.23 Å². The fourth-order valence-corrected chi connectivity index (χ4v) is 8.65. The minimum atomic E-state index is -1.75. The van der Waals surface area contributed by atoms with E-state index in [0.717, 1.165) is 43.4 Å². The van der Waals surface area contributed by atoms with E-state index in [4.69, 9.17) is 15.2 Å². The first kappa shape index (κ1) is 55.6. The van der Waals surface area contributed by atoms with E-state index in [-0.39, 0.29) is 25.5 Å². The number of aliphatic hydroxyl groups is 3. The summed E-state index contributed by atoms with van der Waals surface area (Å²) in [6, 6.07) is 6.27. The lowest BCUT2D eigenvalue weighted by Gasteiger charge is -2.49. The lowest BCUT2D eigenvalue weighted by Crippen LogP contribution is -2.71. The third-order valence-corrected chi connectivity index (χ3v) is 12.6. The Hall–Kier alpha value is -2.57. The summed E-state index contributed by atoms with van der Waals surface area (Å²) in [7, 11) is 0. The van der Waals surface area contributed by atoms with Crippen molar-refractivity contribution in [3.05, 3.63) is 35.9 Å². The summed E-state index contributed by atoms with van der Waals surface area (Å²) in [4.78, 5) is 44.1. The molecule has 6 atom stereocenters. The molecule has 0 saturated carbocycles. The molecule has 0 unspecified atom stereocenters. The maximum atomic E-state index is 14.3. The van der Waals surface area contributed by atoms with Crippen LogP contribution in [0.3, 0.4) is 0 Å². The molecular formula is C51H91N3O8. The Balaban J connectivity index is 2.08. The number of rotatable bonds is 37. The Kier molecular flexibility index (Phi) is 32.0. The van der Waals surface area contributed by atoms with E-state index in [0.29, 0.717) is 18.4 Å². The van der Waals surface area contributed by atoms with Crippen LogP contribution in [0.4, 0.5) is 4.79 Å². The van der Waals surface area contributed by atoms with E-state index in [9.17, 15) is 29.7 Å². The fourth-order valence-electron chi connectivity index (χ4n) is 8.65. The Morgan fingerprint density at radius 2 is 1.06 bits per heavy atom. The largest absolute Gasteiger partial charge is 0.444 e. The molecule has 11 heteroatoms. The lowest BCUT2D eigenvalue weighted by atomic mass is 9.93. The monoisotopic (exact) mass is 874 g/mol. The number of hydrogen-bond acceptors (Lipinski definition) is 9. The maximum absolute atomic E-state index is 14.3. The molecule has 5 N–H and O–H groups in total. The molecular weight excluding hydrogens is 783 g/mol. The first-order chi connectivity index (χ1) is 30.2. The van der Waals surface area contributed by atoms with E-state index in [1.54, 1.807) is 24.3 Å². The van der Waals surface area contributed by atoms with Crippen molar-refractivity contribution in [2.75, 3.05) is 13.2 Å². The molecule has 0 aromatic heterocycles. The van der Waals surface area contributed by atoms with Gasteiger partial charge in [-0.25, -0.2) is 9.69 Å². The highest BCUT2D eigenvalue weighted by Crippen LogP contribution is 2.30. The number of nitrogens with two attached hydrogens (primary N) is 1. The van der Waals surface area contributed by atoms with Crippen molar-refractivity contribution < 1.29 is 39.2 Å². The number of carbonyl (C=O) groups is 3. The highest BCUT2D eigenvalue weighted by atomic mass is 16.6. The number of amides is 3. The third-order valence-electron chi connectivity index (χ3n) is 12.6. The number of unbranched alkanes of at least 4 members (excludes halogenated alkanes) is 27. The predicted octanol–water partition coefficient (Wildman–Crippen LogP) is 10.9. The van der Waals surface area contributed by atoms with Gasteiger partial charge in [-0.3, -0.25) is 9.59 Å². The average molecular weight is 874 g/mol. The second kappa shape index (κ2) is 35.7. The van der Waals surface area contributed by atoms with Gasteiger partial charge < -0.3 is 35.4 Å². The van der Waals surface area contributed by atoms with Crippen LogP contribution < -0.4 is 5.73 Å². The molecule has 1 aromatic carbocycles. The minimum absolute atomic E-state index is 0.153. The van der Waals surface area contributed by atoms with Crippen molar-refractivity contribution in [2.45, 2.75) is 257 Å². The van der Waals surface area contributed by atoms with Gasteiger partial charge in [-0.15, -0.1) is 0 Å². The molecule has 1 aliphatic rings. The van der Waals surface area contributed by atoms with Gasteiger partial charge in [0.2, 0.25) is 11.8 Å². The smallest absolute Gasteiger partial charge is 0.417 e. The van der Waals surface area contributed by atoms with E-state index in [1.807, 2.05) is 6.07 Å². The van der Waals surface area contributed by atoms with Gasteiger partial charge in [0.05, 0.1) is 12.6 Å². The summed E-state index contributed by atoms with van der Waals surface area (Å²) in [6.45, 7) is 5.40. The zero-order valence-electron chi connectivity index (χ0n) is 39.5. The zero-order chi connectivity index (χ0) is 45.2. The van der Waals surface area contributed by atoms with Gasteiger partial charge in [0.25, 0.3) is 0 Å². The summed E-state index contributed by atoms with van der Waals surface area (Å²) in [5.41, 5.74) is 6.75. The molecule has 1 saturated heterocycles. The van der Waals surface area contributed by atoms with Crippen LogP contribution in [0, 0.1) is 0 Å². The highest BCUT2D eigenvalue weighted by molar-refractivity contribution is 5.95. The molecule has 0 spiro atoms. The summed E-state index contributed by atoms with van der Waals surface area (Å²) >= 11 is 0. The van der Waals surface area contributed by atoms with Gasteiger partial charge in [-0.05, 0) is 25.3 Å². The van der Waals surface area contributed by atoms with Gasteiger partial charge in [-0.2, -0.15) is 0 Å². The van der Waals surface area contributed by atoms with Crippen LogP contribution in [0.5, 0.6) is 0 Å². The van der Waals surface area contributed by atoms with Crippen LogP contribution in [-0.4, -0.2) is 92.8 Å². The standard InChI is InChI=1S/C51H91N3O8/c1-4-6-8-10-12-14-16-18-19-20-22-24-26-28-30-35-39-53(45(56)38-34-29-27-25-23-21-17-15-13-11-9-7-5-2)50-46(48(58)47(57)44(40-55)62-50)54(49(59)42(3)52)51(60)61-41-43-36-32-31-33-37-43/h31-33,36-37,42,44,46-48,50,55,57-58H,4-30,34-35,38-41,52H2,1-3H3/t42-,44+,46+,47+,48+,50+/m0/s1. The maximum Gasteiger partial charge on any atom is 0.417 e. The molecule has 3 amide bonds. The molecule has 1 aliphatic heterocycles. The number of ether oxygens (including phenoxy) is 2. The third kappa shape index (κ3) is 22.9. The molecule has 1 fully saturated rings. The molecule has 62 heavy (non-hydrogen) atoms. The first-order valence-electron chi connectivity index (χ1n) is 25.4. The van der Waals surface area contributed by atoms with E-state index >= 15 is 0 Å². The Bertz CT molecular complexity index is 1270. The predicted molar refractivity (Wildman–Crippen MR) is 250 cm³/mol. The second-order valence-corrected chi connectivity index (χ2v) is 18.1. The number of imide groups is 1. The normalized spacial score (nSPS) is 19.3. The molecule has 0 radical (unpaired) electrons. The van der Waals surface area contributed by atoms with E-state index in [1.165, 1.54) is 147 Å². The Labute approximate surface area is 377 Å². The molecule has 2 rings (SSSR count). The van der Waals surface area contributed by atoms with Crippen LogP contribution in [0.1, 0.15) is 219 Å². The van der Waals surface area contributed by atoms with Gasteiger partial charge in [0, 0.05) is 13.0 Å². The van der Waals surface area contributed by atoms with Crippen molar-refractivity contribution in [2.24, 2.45) is 5.73 Å². The molecule has 0 bridgehead atoms. The summed E-state index contributed by atoms with van der Waals surface area (Å²) in [5, 5.41) is 33.0. The molecule has 0 aliphatic carbocycles. The minimum Gasteiger partial charge on any atom is -0.444 e. The Morgan fingerprint density at radius 3 is 1.48 bits per heavy atom. The number of hydrogen-bond donors (Lipinski definition) is 4.